The molecule has 3 amide bonds. The van der Waals surface area contributed by atoms with Crippen LogP contribution in [0.4, 0.5) is 10.5 Å². The van der Waals surface area contributed by atoms with Gasteiger partial charge in [-0.05, 0) is 48.9 Å². The van der Waals surface area contributed by atoms with Crippen molar-refractivity contribution in [2.75, 3.05) is 11.9 Å². The first-order valence-electron chi connectivity index (χ1n) is 8.78. The summed E-state index contributed by atoms with van der Waals surface area (Å²) in [6, 6.07) is 15.3. The van der Waals surface area contributed by atoms with E-state index in [2.05, 4.69) is 5.32 Å². The van der Waals surface area contributed by atoms with Crippen molar-refractivity contribution in [3.63, 3.8) is 0 Å². The fraction of sp³-hybridized carbons (Fsp3) is 0.136. The number of allylic oxidation sites excluding steroid dienone is 2. The summed E-state index contributed by atoms with van der Waals surface area (Å²) in [5.41, 5.74) is 3.68. The number of imide groups is 1. The molecule has 0 bridgehead atoms. The van der Waals surface area contributed by atoms with Crippen LogP contribution in [0.5, 0.6) is 0 Å². The Labute approximate surface area is 168 Å². The second kappa shape index (κ2) is 8.71. The highest BCUT2D eigenvalue weighted by atomic mass is 32.2. The molecule has 2 aromatic rings. The van der Waals surface area contributed by atoms with Crippen LogP contribution in [-0.2, 0) is 9.59 Å². The Bertz CT molecular complexity index is 981. The van der Waals surface area contributed by atoms with Crippen LogP contribution in [0.1, 0.15) is 16.7 Å². The zero-order valence-corrected chi connectivity index (χ0v) is 16.5. The Morgan fingerprint density at radius 1 is 1.11 bits per heavy atom. The van der Waals surface area contributed by atoms with Crippen molar-refractivity contribution < 1.29 is 14.4 Å². The van der Waals surface area contributed by atoms with Crippen LogP contribution >= 0.6 is 11.8 Å². The molecule has 28 heavy (non-hydrogen) atoms. The van der Waals surface area contributed by atoms with Crippen LogP contribution in [0.25, 0.3) is 6.08 Å². The van der Waals surface area contributed by atoms with Crippen LogP contribution in [0.15, 0.2) is 65.6 Å². The Morgan fingerprint density at radius 2 is 1.86 bits per heavy atom. The summed E-state index contributed by atoms with van der Waals surface area (Å²) in [6.45, 7) is 3.56. The molecule has 142 valence electrons. The lowest BCUT2D eigenvalue weighted by molar-refractivity contribution is -0.127. The highest BCUT2D eigenvalue weighted by Gasteiger charge is 2.35. The quantitative estimate of drug-likeness (QED) is 0.759. The average Bonchev–Trinajstić information content (AvgIpc) is 2.92. The maximum Gasteiger partial charge on any atom is 0.294 e. The molecule has 0 radical (unpaired) electrons. The molecule has 3 rings (SSSR count). The van der Waals surface area contributed by atoms with Crippen molar-refractivity contribution in [2.45, 2.75) is 13.8 Å². The normalized spacial score (nSPS) is 15.6. The lowest BCUT2D eigenvalue weighted by atomic mass is 10.1. The molecule has 1 aliphatic rings. The van der Waals surface area contributed by atoms with E-state index in [1.165, 1.54) is 0 Å². The minimum Gasteiger partial charge on any atom is -0.324 e. The number of carbonyl (C=O) groups excluding carboxylic acids is 3. The largest absolute Gasteiger partial charge is 0.324 e. The summed E-state index contributed by atoms with van der Waals surface area (Å²) in [5, 5.41) is 2.31. The predicted molar refractivity (Wildman–Crippen MR) is 113 cm³/mol. The molecule has 5 nitrogen and oxygen atoms in total. The molecule has 1 saturated heterocycles. The van der Waals surface area contributed by atoms with Gasteiger partial charge in [-0.3, -0.25) is 19.3 Å². The van der Waals surface area contributed by atoms with Gasteiger partial charge in [-0.1, -0.05) is 60.2 Å². The first-order valence-corrected chi connectivity index (χ1v) is 9.60. The Kier molecular flexibility index (Phi) is 6.11. The van der Waals surface area contributed by atoms with E-state index in [4.69, 9.17) is 0 Å². The standard InChI is InChI=1S/C22H20N2O3S/c1-15-11-12-18(16(2)13-15)23-20(25)14-24-21(26)19(28-22(24)27)10-6-9-17-7-4-3-5-8-17/h3-13H,14H2,1-2H3,(H,23,25)/b9-6-,19-10+. The molecular formula is C22H20N2O3S. The number of hydrogen-bond acceptors (Lipinski definition) is 4. The number of anilines is 1. The molecule has 2 aromatic carbocycles. The third kappa shape index (κ3) is 4.78. The fourth-order valence-electron chi connectivity index (χ4n) is 2.75. The van der Waals surface area contributed by atoms with Crippen molar-refractivity contribution in [1.29, 1.82) is 0 Å². The molecule has 6 heteroatoms. The summed E-state index contributed by atoms with van der Waals surface area (Å²) >= 11 is 0.838. The van der Waals surface area contributed by atoms with Crippen LogP contribution in [0.3, 0.4) is 0 Å². The van der Waals surface area contributed by atoms with Crippen molar-refractivity contribution in [2.24, 2.45) is 0 Å². The zero-order valence-electron chi connectivity index (χ0n) is 15.6. The topological polar surface area (TPSA) is 66.5 Å². The lowest BCUT2D eigenvalue weighted by Gasteiger charge is -2.13. The van der Waals surface area contributed by atoms with Gasteiger partial charge in [0.2, 0.25) is 5.91 Å². The summed E-state index contributed by atoms with van der Waals surface area (Å²) in [4.78, 5) is 38.2. The summed E-state index contributed by atoms with van der Waals surface area (Å²) in [6.07, 6.45) is 5.17. The molecule has 1 aliphatic heterocycles. The smallest absolute Gasteiger partial charge is 0.294 e. The van der Waals surface area contributed by atoms with E-state index in [9.17, 15) is 14.4 Å². The summed E-state index contributed by atoms with van der Waals surface area (Å²) in [7, 11) is 0. The van der Waals surface area contributed by atoms with Gasteiger partial charge in [0.25, 0.3) is 11.1 Å². The second-order valence-electron chi connectivity index (χ2n) is 6.43. The molecule has 0 saturated carbocycles. The van der Waals surface area contributed by atoms with Gasteiger partial charge in [-0.25, -0.2) is 0 Å². The highest BCUT2D eigenvalue weighted by molar-refractivity contribution is 8.18. The van der Waals surface area contributed by atoms with Crippen LogP contribution in [-0.4, -0.2) is 28.5 Å². The van der Waals surface area contributed by atoms with E-state index < -0.39 is 17.1 Å². The number of amides is 3. The van der Waals surface area contributed by atoms with Gasteiger partial charge in [-0.2, -0.15) is 0 Å². The van der Waals surface area contributed by atoms with E-state index in [1.54, 1.807) is 12.2 Å². The Morgan fingerprint density at radius 3 is 2.57 bits per heavy atom. The van der Waals surface area contributed by atoms with Crippen molar-refractivity contribution >= 4 is 40.6 Å². The fourth-order valence-corrected chi connectivity index (χ4v) is 3.54. The molecule has 0 atom stereocenters. The molecule has 0 spiro atoms. The number of thioether (sulfide) groups is 1. The Hall–Kier alpha value is -3.12. The minimum atomic E-state index is -0.455. The highest BCUT2D eigenvalue weighted by Crippen LogP contribution is 2.30. The van der Waals surface area contributed by atoms with Crippen LogP contribution < -0.4 is 5.32 Å². The van der Waals surface area contributed by atoms with E-state index in [0.717, 1.165) is 33.4 Å². The van der Waals surface area contributed by atoms with E-state index in [1.807, 2.05) is 68.5 Å². The number of nitrogens with zero attached hydrogens (tertiary/aromatic N) is 1. The van der Waals surface area contributed by atoms with Gasteiger partial charge in [-0.15, -0.1) is 0 Å². The van der Waals surface area contributed by atoms with Crippen LogP contribution in [0.2, 0.25) is 0 Å². The van der Waals surface area contributed by atoms with E-state index in [0.29, 0.717) is 10.6 Å². The molecule has 0 aromatic heterocycles. The van der Waals surface area contributed by atoms with Gasteiger partial charge in [0.05, 0.1) is 4.91 Å². The maximum absolute atomic E-state index is 12.5. The molecule has 0 aliphatic carbocycles. The lowest BCUT2D eigenvalue weighted by Crippen LogP contribution is -2.36. The van der Waals surface area contributed by atoms with Crippen molar-refractivity contribution in [3.05, 3.63) is 82.3 Å². The number of benzene rings is 2. The average molecular weight is 392 g/mol. The summed E-state index contributed by atoms with van der Waals surface area (Å²) < 4.78 is 0. The van der Waals surface area contributed by atoms with E-state index in [-0.39, 0.29) is 6.54 Å². The first-order chi connectivity index (χ1) is 13.4. The SMILES string of the molecule is Cc1ccc(NC(=O)CN2C(=O)S/C(=C/C=C\c3ccccc3)C2=O)c(C)c1. The van der Waals surface area contributed by atoms with Crippen LogP contribution in [0, 0.1) is 13.8 Å². The molecule has 0 unspecified atom stereocenters. The number of carbonyl (C=O) groups is 3. The maximum atomic E-state index is 12.5. The third-order valence-corrected chi connectivity index (χ3v) is 5.09. The number of nitrogens with one attached hydrogen (secondary N) is 1. The van der Waals surface area contributed by atoms with Gasteiger partial charge >= 0.3 is 0 Å². The third-order valence-electron chi connectivity index (χ3n) is 4.17. The predicted octanol–water partition coefficient (Wildman–Crippen LogP) is 4.53. The molecule has 1 N–H and O–H groups in total. The first kappa shape index (κ1) is 19.6. The van der Waals surface area contributed by atoms with E-state index >= 15 is 0 Å². The van der Waals surface area contributed by atoms with Gasteiger partial charge in [0.1, 0.15) is 6.54 Å². The summed E-state index contributed by atoms with van der Waals surface area (Å²) in [5.74, 6) is -0.862. The Balaban J connectivity index is 1.64. The molecular weight excluding hydrogens is 372 g/mol. The number of rotatable bonds is 5. The number of hydrogen-bond donors (Lipinski definition) is 1. The zero-order chi connectivity index (χ0) is 20.1. The second-order valence-corrected chi connectivity index (χ2v) is 7.42. The van der Waals surface area contributed by atoms with Gasteiger partial charge < -0.3 is 5.32 Å². The number of aryl methyl sites for hydroxylation is 2. The van der Waals surface area contributed by atoms with Crippen molar-refractivity contribution in [1.82, 2.24) is 4.90 Å². The van der Waals surface area contributed by atoms with Gasteiger partial charge in [0.15, 0.2) is 0 Å². The van der Waals surface area contributed by atoms with Gasteiger partial charge in [0, 0.05) is 5.69 Å². The molecule has 1 fully saturated rings. The monoisotopic (exact) mass is 392 g/mol. The molecule has 1 heterocycles. The van der Waals surface area contributed by atoms with Crippen molar-refractivity contribution in [3.8, 4) is 0 Å². The minimum absolute atomic E-state index is 0.302.